The van der Waals surface area contributed by atoms with E-state index in [0.717, 1.165) is 16.3 Å². The summed E-state index contributed by atoms with van der Waals surface area (Å²) in [6, 6.07) is 1.85. The van der Waals surface area contributed by atoms with Crippen molar-refractivity contribution in [1.82, 2.24) is 4.90 Å². The van der Waals surface area contributed by atoms with Gasteiger partial charge in [0.05, 0.1) is 4.88 Å². The Kier molecular flexibility index (Phi) is 3.92. The fourth-order valence-corrected chi connectivity index (χ4v) is 3.43. The molecule has 1 amide bonds. The number of nitrogens with zero attached hydrogens (tertiary/aromatic N) is 1. The maximum Gasteiger partial charge on any atom is 0.263 e. The number of rotatable bonds is 3. The fraction of sp³-hybridized carbons (Fsp3) is 0.583. The summed E-state index contributed by atoms with van der Waals surface area (Å²) in [6.07, 6.45) is 5.21. The molecule has 0 aliphatic heterocycles. The minimum absolute atomic E-state index is 0.136. The van der Waals surface area contributed by atoms with Crippen LogP contribution in [0.15, 0.2) is 16.3 Å². The van der Waals surface area contributed by atoms with E-state index >= 15 is 0 Å². The standard InChI is InChI=1S/C12H17NOS2/c1-13(7-9-4-2-3-5-9)12(14)11-6-10(15)8-16-11/h6,8-9,15H,2-5,7H2,1H3. The predicted octanol–water partition coefficient (Wildman–Crippen LogP) is 3.30. The Balaban J connectivity index is 1.93. The van der Waals surface area contributed by atoms with Gasteiger partial charge in [-0.2, -0.15) is 0 Å². The highest BCUT2D eigenvalue weighted by atomic mass is 32.1. The van der Waals surface area contributed by atoms with Crippen LogP contribution in [0, 0.1) is 5.92 Å². The Hall–Kier alpha value is -0.480. The van der Waals surface area contributed by atoms with Gasteiger partial charge >= 0.3 is 0 Å². The number of thiol groups is 1. The van der Waals surface area contributed by atoms with Gasteiger partial charge in [-0.3, -0.25) is 4.79 Å². The number of carbonyl (C=O) groups is 1. The quantitative estimate of drug-likeness (QED) is 0.822. The van der Waals surface area contributed by atoms with Gasteiger partial charge in [0.15, 0.2) is 0 Å². The lowest BCUT2D eigenvalue weighted by molar-refractivity contribution is 0.0778. The molecule has 0 unspecified atom stereocenters. The van der Waals surface area contributed by atoms with E-state index in [-0.39, 0.29) is 5.91 Å². The highest BCUT2D eigenvalue weighted by Gasteiger charge is 2.20. The lowest BCUT2D eigenvalue weighted by Crippen LogP contribution is -2.30. The average molecular weight is 255 g/mol. The van der Waals surface area contributed by atoms with Crippen molar-refractivity contribution in [2.45, 2.75) is 30.6 Å². The van der Waals surface area contributed by atoms with E-state index in [1.54, 1.807) is 0 Å². The molecule has 1 saturated carbocycles. The fourth-order valence-electron chi connectivity index (χ4n) is 2.29. The summed E-state index contributed by atoms with van der Waals surface area (Å²) in [7, 11) is 1.90. The molecular weight excluding hydrogens is 238 g/mol. The number of thiophene rings is 1. The van der Waals surface area contributed by atoms with Crippen LogP contribution in [-0.2, 0) is 0 Å². The topological polar surface area (TPSA) is 20.3 Å². The van der Waals surface area contributed by atoms with Gasteiger partial charge in [-0.05, 0) is 24.8 Å². The Morgan fingerprint density at radius 2 is 2.25 bits per heavy atom. The van der Waals surface area contributed by atoms with Crippen molar-refractivity contribution in [3.63, 3.8) is 0 Å². The molecule has 1 aliphatic rings. The van der Waals surface area contributed by atoms with Gasteiger partial charge in [0.25, 0.3) is 5.91 Å². The van der Waals surface area contributed by atoms with E-state index in [4.69, 9.17) is 0 Å². The van der Waals surface area contributed by atoms with Crippen LogP contribution in [0.4, 0.5) is 0 Å². The van der Waals surface area contributed by atoms with Crippen LogP contribution in [0.3, 0.4) is 0 Å². The molecule has 1 fully saturated rings. The Morgan fingerprint density at radius 3 is 2.81 bits per heavy atom. The summed E-state index contributed by atoms with van der Waals surface area (Å²) in [5.74, 6) is 0.849. The molecule has 0 atom stereocenters. The molecule has 0 saturated heterocycles. The lowest BCUT2D eigenvalue weighted by atomic mass is 10.1. The van der Waals surface area contributed by atoms with E-state index in [9.17, 15) is 4.79 Å². The maximum absolute atomic E-state index is 12.0. The number of amides is 1. The largest absolute Gasteiger partial charge is 0.341 e. The normalized spacial score (nSPS) is 16.6. The second-order valence-electron chi connectivity index (χ2n) is 4.51. The first kappa shape index (κ1) is 12.0. The van der Waals surface area contributed by atoms with E-state index in [1.807, 2.05) is 23.4 Å². The first-order chi connectivity index (χ1) is 7.66. The van der Waals surface area contributed by atoms with Crippen molar-refractivity contribution in [2.75, 3.05) is 13.6 Å². The van der Waals surface area contributed by atoms with E-state index in [1.165, 1.54) is 37.0 Å². The van der Waals surface area contributed by atoms with Gasteiger partial charge in [0.2, 0.25) is 0 Å². The average Bonchev–Trinajstić information content (AvgIpc) is 2.88. The molecule has 0 radical (unpaired) electrons. The van der Waals surface area contributed by atoms with Gasteiger partial charge in [-0.15, -0.1) is 24.0 Å². The second-order valence-corrected chi connectivity index (χ2v) is 5.93. The SMILES string of the molecule is CN(CC1CCCC1)C(=O)c1cc(S)cs1. The second kappa shape index (κ2) is 5.23. The van der Waals surface area contributed by atoms with Gasteiger partial charge in [-0.1, -0.05) is 12.8 Å². The molecule has 0 aromatic carbocycles. The third-order valence-corrected chi connectivity index (χ3v) is 4.50. The van der Waals surface area contributed by atoms with Crippen LogP contribution in [0.25, 0.3) is 0 Å². The monoisotopic (exact) mass is 255 g/mol. The molecule has 0 spiro atoms. The molecular formula is C12H17NOS2. The van der Waals surface area contributed by atoms with Crippen molar-refractivity contribution in [2.24, 2.45) is 5.92 Å². The molecule has 0 N–H and O–H groups in total. The lowest BCUT2D eigenvalue weighted by Gasteiger charge is -2.20. The smallest absolute Gasteiger partial charge is 0.263 e. The molecule has 1 aliphatic carbocycles. The van der Waals surface area contributed by atoms with E-state index in [0.29, 0.717) is 5.92 Å². The number of hydrogen-bond donors (Lipinski definition) is 1. The predicted molar refractivity (Wildman–Crippen MR) is 70.5 cm³/mol. The molecule has 0 bridgehead atoms. The van der Waals surface area contributed by atoms with E-state index in [2.05, 4.69) is 12.6 Å². The first-order valence-corrected chi connectivity index (χ1v) is 7.02. The molecule has 4 heteroatoms. The number of carbonyl (C=O) groups excluding carboxylic acids is 1. The van der Waals surface area contributed by atoms with Crippen molar-refractivity contribution in [3.05, 3.63) is 16.3 Å². The minimum atomic E-state index is 0.136. The van der Waals surface area contributed by atoms with Gasteiger partial charge in [0.1, 0.15) is 0 Å². The zero-order valence-electron chi connectivity index (χ0n) is 9.48. The Morgan fingerprint density at radius 1 is 1.56 bits per heavy atom. The number of hydrogen-bond acceptors (Lipinski definition) is 3. The van der Waals surface area contributed by atoms with Gasteiger partial charge in [-0.25, -0.2) is 0 Å². The highest BCUT2D eigenvalue weighted by molar-refractivity contribution is 7.80. The third kappa shape index (κ3) is 2.80. The summed E-state index contributed by atoms with van der Waals surface area (Å²) in [4.78, 5) is 15.6. The maximum atomic E-state index is 12.0. The highest BCUT2D eigenvalue weighted by Crippen LogP contribution is 2.26. The van der Waals surface area contributed by atoms with Crippen molar-refractivity contribution >= 4 is 29.9 Å². The van der Waals surface area contributed by atoms with Crippen molar-refractivity contribution < 1.29 is 4.79 Å². The molecule has 2 rings (SSSR count). The Labute approximate surface area is 106 Å². The zero-order chi connectivity index (χ0) is 11.5. The zero-order valence-corrected chi connectivity index (χ0v) is 11.2. The van der Waals surface area contributed by atoms with E-state index < -0.39 is 0 Å². The minimum Gasteiger partial charge on any atom is -0.341 e. The van der Waals surface area contributed by atoms with Gasteiger partial charge < -0.3 is 4.90 Å². The molecule has 16 heavy (non-hydrogen) atoms. The van der Waals surface area contributed by atoms with Crippen molar-refractivity contribution in [1.29, 1.82) is 0 Å². The van der Waals surface area contributed by atoms with Crippen molar-refractivity contribution in [3.8, 4) is 0 Å². The van der Waals surface area contributed by atoms with Crippen LogP contribution >= 0.6 is 24.0 Å². The van der Waals surface area contributed by atoms with Crippen LogP contribution in [-0.4, -0.2) is 24.4 Å². The van der Waals surface area contributed by atoms with Gasteiger partial charge in [0, 0.05) is 23.9 Å². The van der Waals surface area contributed by atoms with Crippen LogP contribution in [0.2, 0.25) is 0 Å². The van der Waals surface area contributed by atoms with Crippen LogP contribution < -0.4 is 0 Å². The summed E-state index contributed by atoms with van der Waals surface area (Å²) >= 11 is 5.70. The Bertz CT molecular complexity index is 369. The molecule has 88 valence electrons. The summed E-state index contributed by atoms with van der Waals surface area (Å²) < 4.78 is 0. The summed E-state index contributed by atoms with van der Waals surface area (Å²) in [5.41, 5.74) is 0. The molecule has 1 aromatic rings. The van der Waals surface area contributed by atoms with Crippen LogP contribution in [0.1, 0.15) is 35.4 Å². The third-order valence-electron chi connectivity index (χ3n) is 3.15. The molecule has 2 nitrogen and oxygen atoms in total. The molecule has 1 aromatic heterocycles. The molecule has 1 heterocycles. The van der Waals surface area contributed by atoms with Crippen LogP contribution in [0.5, 0.6) is 0 Å². The first-order valence-electron chi connectivity index (χ1n) is 5.70. The summed E-state index contributed by atoms with van der Waals surface area (Å²) in [6.45, 7) is 0.901. The summed E-state index contributed by atoms with van der Waals surface area (Å²) in [5, 5.41) is 1.90.